The number of carbonyl (C=O) groups is 3. The number of ketones is 1. The molecule has 0 atom stereocenters. The number of amides is 2. The lowest BCUT2D eigenvalue weighted by Crippen LogP contribution is -2.19. The lowest BCUT2D eigenvalue weighted by molar-refractivity contribution is -0.115. The average Bonchev–Trinajstić information content (AvgIpc) is 2.79. The molecule has 164 valence electrons. The second-order valence-corrected chi connectivity index (χ2v) is 7.25. The van der Waals surface area contributed by atoms with Crippen molar-refractivity contribution >= 4 is 46.4 Å². The van der Waals surface area contributed by atoms with Gasteiger partial charge in [-0.2, -0.15) is 0 Å². The van der Waals surface area contributed by atoms with Gasteiger partial charge in [0.25, 0.3) is 11.8 Å². The summed E-state index contributed by atoms with van der Waals surface area (Å²) in [5.74, 6) is -0.0954. The van der Waals surface area contributed by atoms with Gasteiger partial charge in [-0.1, -0.05) is 11.6 Å². The zero-order valence-electron chi connectivity index (χ0n) is 17.4. The molecule has 0 saturated heterocycles. The second-order valence-electron chi connectivity index (χ2n) is 6.81. The van der Waals surface area contributed by atoms with E-state index >= 15 is 0 Å². The highest BCUT2D eigenvalue weighted by atomic mass is 35.5. The summed E-state index contributed by atoms with van der Waals surface area (Å²) in [6.45, 7) is 1.69. The Kier molecular flexibility index (Phi) is 7.41. The summed E-state index contributed by atoms with van der Waals surface area (Å²) >= 11 is 5.83. The maximum Gasteiger partial charge on any atom is 0.259 e. The van der Waals surface area contributed by atoms with Gasteiger partial charge in [0.05, 0.1) is 29.9 Å². The number of pyridine rings is 1. The molecule has 0 fully saturated rings. The summed E-state index contributed by atoms with van der Waals surface area (Å²) in [6.07, 6.45) is 1.42. The minimum atomic E-state index is -0.474. The van der Waals surface area contributed by atoms with Gasteiger partial charge in [-0.05, 0) is 61.5 Å². The van der Waals surface area contributed by atoms with Crippen LogP contribution in [-0.2, 0) is 4.79 Å². The third-order valence-corrected chi connectivity index (χ3v) is 4.60. The first kappa shape index (κ1) is 22.8. The van der Waals surface area contributed by atoms with Gasteiger partial charge in [-0.3, -0.25) is 14.4 Å². The first-order chi connectivity index (χ1) is 15.4. The van der Waals surface area contributed by atoms with Crippen LogP contribution in [0.2, 0.25) is 5.02 Å². The number of nitrogens with zero attached hydrogens (tertiary/aromatic N) is 1. The van der Waals surface area contributed by atoms with Crippen LogP contribution in [0.15, 0.2) is 60.8 Å². The number of rotatable bonds is 8. The van der Waals surface area contributed by atoms with Gasteiger partial charge in [-0.25, -0.2) is 4.98 Å². The standard InChI is InChI=1S/C23H21ClN4O4/c1-14(29)12-25-17-6-3-15(4-7-17)22(30)27-20-9-8-18(32-2)11-19(20)23(31)28-21-10-5-16(24)13-26-21/h3-11,13,25H,12H2,1-2H3,(H,27,30)(H,26,28,31). The van der Waals surface area contributed by atoms with Gasteiger partial charge in [0.2, 0.25) is 0 Å². The first-order valence-corrected chi connectivity index (χ1v) is 9.99. The number of anilines is 3. The first-order valence-electron chi connectivity index (χ1n) is 9.61. The summed E-state index contributed by atoms with van der Waals surface area (Å²) in [5.41, 5.74) is 1.62. The van der Waals surface area contributed by atoms with Gasteiger partial charge in [0, 0.05) is 17.4 Å². The van der Waals surface area contributed by atoms with E-state index in [2.05, 4.69) is 20.9 Å². The number of methoxy groups -OCH3 is 1. The van der Waals surface area contributed by atoms with Crippen LogP contribution in [0, 0.1) is 0 Å². The minimum Gasteiger partial charge on any atom is -0.497 e. The number of nitrogens with one attached hydrogen (secondary N) is 3. The Morgan fingerprint density at radius 2 is 1.72 bits per heavy atom. The highest BCUT2D eigenvalue weighted by Crippen LogP contribution is 2.24. The molecule has 1 aromatic heterocycles. The van der Waals surface area contributed by atoms with Crippen LogP contribution < -0.4 is 20.7 Å². The van der Waals surface area contributed by atoms with E-state index in [0.29, 0.717) is 27.8 Å². The number of ether oxygens (including phenoxy) is 1. The molecule has 32 heavy (non-hydrogen) atoms. The highest BCUT2D eigenvalue weighted by molar-refractivity contribution is 6.30. The molecule has 0 aliphatic rings. The molecule has 3 N–H and O–H groups in total. The number of Topliss-reactive ketones (excluding diaryl/α,β-unsaturated/α-hetero) is 1. The maximum atomic E-state index is 12.9. The molecule has 0 aliphatic heterocycles. The number of hydrogen-bond acceptors (Lipinski definition) is 6. The highest BCUT2D eigenvalue weighted by Gasteiger charge is 2.16. The summed E-state index contributed by atoms with van der Waals surface area (Å²) in [4.78, 5) is 40.7. The van der Waals surface area contributed by atoms with Crippen molar-refractivity contribution in [2.24, 2.45) is 0 Å². The molecular weight excluding hydrogens is 432 g/mol. The topological polar surface area (TPSA) is 109 Å². The number of benzene rings is 2. The molecule has 9 heteroatoms. The Bertz CT molecular complexity index is 1130. The van der Waals surface area contributed by atoms with Crippen molar-refractivity contribution in [2.45, 2.75) is 6.92 Å². The van der Waals surface area contributed by atoms with Crippen LogP contribution in [0.1, 0.15) is 27.6 Å². The van der Waals surface area contributed by atoms with Crippen LogP contribution in [0.25, 0.3) is 0 Å². The number of carbonyl (C=O) groups excluding carboxylic acids is 3. The lowest BCUT2D eigenvalue weighted by Gasteiger charge is -2.13. The van der Waals surface area contributed by atoms with Gasteiger partial charge >= 0.3 is 0 Å². The Morgan fingerprint density at radius 1 is 0.969 bits per heavy atom. The number of aromatic nitrogens is 1. The van der Waals surface area contributed by atoms with E-state index in [1.807, 2.05) is 0 Å². The quantitative estimate of drug-likeness (QED) is 0.471. The van der Waals surface area contributed by atoms with Crippen LogP contribution in [0.4, 0.5) is 17.2 Å². The predicted molar refractivity (Wildman–Crippen MR) is 124 cm³/mol. The summed E-state index contributed by atoms with van der Waals surface area (Å²) in [6, 6.07) is 14.6. The largest absolute Gasteiger partial charge is 0.497 e. The summed E-state index contributed by atoms with van der Waals surface area (Å²) in [5, 5.41) is 8.83. The molecule has 0 spiro atoms. The van der Waals surface area contributed by atoms with E-state index < -0.39 is 11.8 Å². The maximum absolute atomic E-state index is 12.9. The Labute approximate surface area is 190 Å². The molecule has 0 unspecified atom stereocenters. The SMILES string of the molecule is COc1ccc(NC(=O)c2ccc(NCC(C)=O)cc2)c(C(=O)Nc2ccc(Cl)cn2)c1. The van der Waals surface area contributed by atoms with Gasteiger partial charge < -0.3 is 20.7 Å². The van der Waals surface area contributed by atoms with Crippen molar-refractivity contribution in [1.82, 2.24) is 4.98 Å². The third-order valence-electron chi connectivity index (χ3n) is 4.38. The monoisotopic (exact) mass is 452 g/mol. The van der Waals surface area contributed by atoms with E-state index in [1.165, 1.54) is 26.3 Å². The number of halogens is 1. The fourth-order valence-corrected chi connectivity index (χ4v) is 2.85. The van der Waals surface area contributed by atoms with Gasteiger partial charge in [0.1, 0.15) is 17.4 Å². The molecular formula is C23H21ClN4O4. The zero-order chi connectivity index (χ0) is 23.1. The van der Waals surface area contributed by atoms with Crippen LogP contribution >= 0.6 is 11.6 Å². The summed E-state index contributed by atoms with van der Waals surface area (Å²) in [7, 11) is 1.48. The third kappa shape index (κ3) is 6.05. The van der Waals surface area contributed by atoms with Crippen molar-refractivity contribution < 1.29 is 19.1 Å². The lowest BCUT2D eigenvalue weighted by atomic mass is 10.1. The molecule has 8 nitrogen and oxygen atoms in total. The van der Waals surface area contributed by atoms with E-state index in [9.17, 15) is 14.4 Å². The fraction of sp³-hybridized carbons (Fsp3) is 0.130. The molecule has 3 rings (SSSR count). The molecule has 1 heterocycles. The van der Waals surface area contributed by atoms with Crippen molar-refractivity contribution in [3.8, 4) is 5.75 Å². The van der Waals surface area contributed by atoms with E-state index in [1.54, 1.807) is 48.5 Å². The predicted octanol–water partition coefficient (Wildman–Crippen LogP) is 4.25. The summed E-state index contributed by atoms with van der Waals surface area (Å²) < 4.78 is 5.21. The molecule has 0 aliphatic carbocycles. The molecule has 0 bridgehead atoms. The van der Waals surface area contributed by atoms with Crippen molar-refractivity contribution in [1.29, 1.82) is 0 Å². The van der Waals surface area contributed by atoms with Crippen molar-refractivity contribution in [2.75, 3.05) is 29.6 Å². The van der Waals surface area contributed by atoms with Crippen LogP contribution in [0.3, 0.4) is 0 Å². The van der Waals surface area contributed by atoms with Gasteiger partial charge in [-0.15, -0.1) is 0 Å². The van der Waals surface area contributed by atoms with Crippen LogP contribution in [-0.4, -0.2) is 36.2 Å². The molecule has 3 aromatic rings. The van der Waals surface area contributed by atoms with E-state index in [4.69, 9.17) is 16.3 Å². The normalized spacial score (nSPS) is 10.2. The minimum absolute atomic E-state index is 0.00549. The van der Waals surface area contributed by atoms with Crippen molar-refractivity contribution in [3.63, 3.8) is 0 Å². The van der Waals surface area contributed by atoms with Crippen molar-refractivity contribution in [3.05, 3.63) is 76.9 Å². The van der Waals surface area contributed by atoms with Crippen LogP contribution in [0.5, 0.6) is 5.75 Å². The average molecular weight is 453 g/mol. The second kappa shape index (κ2) is 10.4. The Balaban J connectivity index is 1.78. The van der Waals surface area contributed by atoms with Gasteiger partial charge in [0.15, 0.2) is 0 Å². The molecule has 2 aromatic carbocycles. The fourth-order valence-electron chi connectivity index (χ4n) is 2.74. The smallest absolute Gasteiger partial charge is 0.259 e. The zero-order valence-corrected chi connectivity index (χ0v) is 18.2. The Hall–Kier alpha value is -3.91. The number of hydrogen-bond donors (Lipinski definition) is 3. The van der Waals surface area contributed by atoms with E-state index in [-0.39, 0.29) is 17.9 Å². The molecule has 0 radical (unpaired) electrons. The Morgan fingerprint density at radius 3 is 2.34 bits per heavy atom. The van der Waals surface area contributed by atoms with E-state index in [0.717, 1.165) is 5.69 Å². The molecule has 2 amide bonds. The molecule has 0 saturated carbocycles.